The van der Waals surface area contributed by atoms with Crippen molar-refractivity contribution in [2.45, 2.75) is 57.9 Å². The van der Waals surface area contributed by atoms with Crippen LogP contribution in [0.3, 0.4) is 0 Å². The molecule has 0 aromatic heterocycles. The van der Waals surface area contributed by atoms with Gasteiger partial charge in [0.1, 0.15) is 5.75 Å². The average Bonchev–Trinajstić information content (AvgIpc) is 2.81. The van der Waals surface area contributed by atoms with Crippen molar-refractivity contribution in [3.05, 3.63) is 29.8 Å². The molecule has 0 spiro atoms. The molecule has 2 heteroatoms. The summed E-state index contributed by atoms with van der Waals surface area (Å²) in [6.07, 6.45) is 5.04. The molecule has 1 aromatic carbocycles. The van der Waals surface area contributed by atoms with Crippen molar-refractivity contribution in [2.24, 2.45) is 0 Å². The molecule has 0 amide bonds. The Morgan fingerprint density at radius 1 is 1.26 bits per heavy atom. The van der Waals surface area contributed by atoms with Crippen molar-refractivity contribution >= 4 is 0 Å². The van der Waals surface area contributed by atoms with Gasteiger partial charge in [0.2, 0.25) is 0 Å². The molecule has 0 radical (unpaired) electrons. The first-order chi connectivity index (χ1) is 9.18. The third-order valence-electron chi connectivity index (χ3n) is 4.29. The Balaban J connectivity index is 2.00. The molecule has 0 bridgehead atoms. The maximum atomic E-state index is 5.52. The van der Waals surface area contributed by atoms with E-state index < -0.39 is 0 Å². The van der Waals surface area contributed by atoms with Crippen molar-refractivity contribution in [2.75, 3.05) is 13.2 Å². The Labute approximate surface area is 117 Å². The Morgan fingerprint density at radius 2 is 2.00 bits per heavy atom. The number of hydrogen-bond acceptors (Lipinski definition) is 2. The fraction of sp³-hybridized carbons (Fsp3) is 0.647. The van der Waals surface area contributed by atoms with Crippen LogP contribution in [-0.2, 0) is 5.41 Å². The first kappa shape index (κ1) is 14.4. The van der Waals surface area contributed by atoms with E-state index in [0.29, 0.717) is 11.5 Å². The van der Waals surface area contributed by atoms with E-state index >= 15 is 0 Å². The van der Waals surface area contributed by atoms with E-state index in [-0.39, 0.29) is 0 Å². The van der Waals surface area contributed by atoms with Gasteiger partial charge in [-0.2, -0.15) is 0 Å². The molecular weight excluding hydrogens is 234 g/mol. The molecule has 0 heterocycles. The van der Waals surface area contributed by atoms with Gasteiger partial charge in [-0.15, -0.1) is 0 Å². The number of benzene rings is 1. The van der Waals surface area contributed by atoms with E-state index in [0.717, 1.165) is 18.9 Å². The van der Waals surface area contributed by atoms with Crippen molar-refractivity contribution in [3.63, 3.8) is 0 Å². The molecule has 106 valence electrons. The standard InChI is InChI=1S/C17H27NO/c1-4-12-18-15-10-11-17(3,13-15)14-6-8-16(9-7-14)19-5-2/h6-9,15,18H,4-5,10-13H2,1-3H3. The quantitative estimate of drug-likeness (QED) is 0.838. The zero-order chi connectivity index (χ0) is 13.7. The van der Waals surface area contributed by atoms with E-state index in [1.165, 1.54) is 31.2 Å². The highest BCUT2D eigenvalue weighted by Crippen LogP contribution is 2.41. The predicted octanol–water partition coefficient (Wildman–Crippen LogP) is 3.90. The number of nitrogens with one attached hydrogen (secondary N) is 1. The zero-order valence-corrected chi connectivity index (χ0v) is 12.5. The zero-order valence-electron chi connectivity index (χ0n) is 12.5. The molecule has 1 aliphatic rings. The summed E-state index contributed by atoms with van der Waals surface area (Å²) in [5, 5.41) is 3.66. The molecule has 1 aromatic rings. The molecule has 2 atom stereocenters. The molecule has 1 aliphatic carbocycles. The van der Waals surface area contributed by atoms with Gasteiger partial charge in [-0.25, -0.2) is 0 Å². The van der Waals surface area contributed by atoms with E-state index in [9.17, 15) is 0 Å². The molecule has 1 N–H and O–H groups in total. The lowest BCUT2D eigenvalue weighted by Crippen LogP contribution is -2.29. The van der Waals surface area contributed by atoms with Gasteiger partial charge >= 0.3 is 0 Å². The van der Waals surface area contributed by atoms with Crippen LogP contribution in [0.25, 0.3) is 0 Å². The summed E-state index contributed by atoms with van der Waals surface area (Å²) in [5.74, 6) is 0.980. The van der Waals surface area contributed by atoms with Crippen molar-refractivity contribution in [1.82, 2.24) is 5.32 Å². The van der Waals surface area contributed by atoms with Gasteiger partial charge in [0.15, 0.2) is 0 Å². The first-order valence-electron chi connectivity index (χ1n) is 7.64. The van der Waals surface area contributed by atoms with E-state index in [2.05, 4.69) is 43.4 Å². The lowest BCUT2D eigenvalue weighted by molar-refractivity contribution is 0.339. The molecule has 2 rings (SSSR count). The van der Waals surface area contributed by atoms with Gasteiger partial charge in [-0.1, -0.05) is 26.0 Å². The lowest BCUT2D eigenvalue weighted by atomic mass is 9.81. The maximum absolute atomic E-state index is 5.52. The fourth-order valence-corrected chi connectivity index (χ4v) is 3.15. The first-order valence-corrected chi connectivity index (χ1v) is 7.64. The van der Waals surface area contributed by atoms with Crippen molar-refractivity contribution in [1.29, 1.82) is 0 Å². The highest BCUT2D eigenvalue weighted by Gasteiger charge is 2.36. The summed E-state index contributed by atoms with van der Waals surface area (Å²) in [5.41, 5.74) is 1.78. The molecule has 1 saturated carbocycles. The highest BCUT2D eigenvalue weighted by atomic mass is 16.5. The minimum atomic E-state index is 0.330. The van der Waals surface area contributed by atoms with Gasteiger partial charge < -0.3 is 10.1 Å². The summed E-state index contributed by atoms with van der Waals surface area (Å²) < 4.78 is 5.52. The minimum Gasteiger partial charge on any atom is -0.494 e. The third-order valence-corrected chi connectivity index (χ3v) is 4.29. The Kier molecular flexibility index (Phi) is 4.87. The van der Waals surface area contributed by atoms with E-state index in [1.54, 1.807) is 0 Å². The van der Waals surface area contributed by atoms with Gasteiger partial charge in [-0.05, 0) is 62.3 Å². The summed E-state index contributed by atoms with van der Waals surface area (Å²) in [6, 6.07) is 9.39. The van der Waals surface area contributed by atoms with Crippen LogP contribution >= 0.6 is 0 Å². The smallest absolute Gasteiger partial charge is 0.119 e. The molecular formula is C17H27NO. The average molecular weight is 261 g/mol. The fourth-order valence-electron chi connectivity index (χ4n) is 3.15. The van der Waals surface area contributed by atoms with Crippen molar-refractivity contribution < 1.29 is 4.74 Å². The summed E-state index contributed by atoms with van der Waals surface area (Å²) in [7, 11) is 0. The largest absolute Gasteiger partial charge is 0.494 e. The second-order valence-corrected chi connectivity index (χ2v) is 5.91. The van der Waals surface area contributed by atoms with Crippen LogP contribution in [-0.4, -0.2) is 19.2 Å². The molecule has 1 fully saturated rings. The Morgan fingerprint density at radius 3 is 2.63 bits per heavy atom. The topological polar surface area (TPSA) is 21.3 Å². The molecule has 2 nitrogen and oxygen atoms in total. The molecule has 19 heavy (non-hydrogen) atoms. The lowest BCUT2D eigenvalue weighted by Gasteiger charge is -2.25. The number of rotatable bonds is 6. The van der Waals surface area contributed by atoms with Gasteiger partial charge in [0.25, 0.3) is 0 Å². The summed E-state index contributed by atoms with van der Waals surface area (Å²) in [6.45, 7) is 8.53. The Bertz CT molecular complexity index is 387. The summed E-state index contributed by atoms with van der Waals surface area (Å²) >= 11 is 0. The normalized spacial score (nSPS) is 26.6. The third kappa shape index (κ3) is 3.50. The van der Waals surface area contributed by atoms with Crippen LogP contribution in [0.4, 0.5) is 0 Å². The predicted molar refractivity (Wildman–Crippen MR) is 80.9 cm³/mol. The van der Waals surface area contributed by atoms with Crippen LogP contribution in [0.1, 0.15) is 52.0 Å². The van der Waals surface area contributed by atoms with Crippen LogP contribution in [0.15, 0.2) is 24.3 Å². The molecule has 0 aliphatic heterocycles. The van der Waals surface area contributed by atoms with Crippen LogP contribution in [0, 0.1) is 0 Å². The molecule has 2 unspecified atom stereocenters. The Hall–Kier alpha value is -1.02. The van der Waals surface area contributed by atoms with Gasteiger partial charge in [0, 0.05) is 6.04 Å². The molecule has 0 saturated heterocycles. The highest BCUT2D eigenvalue weighted by molar-refractivity contribution is 5.33. The van der Waals surface area contributed by atoms with Crippen LogP contribution in [0.2, 0.25) is 0 Å². The number of ether oxygens (including phenoxy) is 1. The van der Waals surface area contributed by atoms with E-state index in [1.807, 2.05) is 6.92 Å². The minimum absolute atomic E-state index is 0.330. The monoisotopic (exact) mass is 261 g/mol. The van der Waals surface area contributed by atoms with Gasteiger partial charge in [0.05, 0.1) is 6.61 Å². The SMILES string of the molecule is CCCNC1CCC(C)(c2ccc(OCC)cc2)C1. The van der Waals surface area contributed by atoms with Crippen LogP contribution in [0.5, 0.6) is 5.75 Å². The van der Waals surface area contributed by atoms with Gasteiger partial charge in [-0.3, -0.25) is 0 Å². The maximum Gasteiger partial charge on any atom is 0.119 e. The number of hydrogen-bond donors (Lipinski definition) is 1. The second kappa shape index (κ2) is 6.42. The summed E-state index contributed by atoms with van der Waals surface area (Å²) in [4.78, 5) is 0. The second-order valence-electron chi connectivity index (χ2n) is 5.91. The van der Waals surface area contributed by atoms with Crippen molar-refractivity contribution in [3.8, 4) is 5.75 Å². The van der Waals surface area contributed by atoms with Crippen LogP contribution < -0.4 is 10.1 Å². The van der Waals surface area contributed by atoms with E-state index in [4.69, 9.17) is 4.74 Å².